The summed E-state index contributed by atoms with van der Waals surface area (Å²) in [4.78, 5) is 31.2. The highest BCUT2D eigenvalue weighted by Crippen LogP contribution is 2.29. The zero-order chi connectivity index (χ0) is 16.1. The van der Waals surface area contributed by atoms with Gasteiger partial charge in [-0.15, -0.1) is 11.8 Å². The molecule has 0 spiro atoms. The Morgan fingerprint density at radius 1 is 1.26 bits per heavy atom. The van der Waals surface area contributed by atoms with E-state index in [1.807, 2.05) is 18.2 Å². The zero-order valence-electron chi connectivity index (χ0n) is 13.2. The van der Waals surface area contributed by atoms with Crippen LogP contribution in [0.15, 0.2) is 24.4 Å². The van der Waals surface area contributed by atoms with Crippen molar-refractivity contribution in [2.75, 3.05) is 11.6 Å². The minimum atomic E-state index is -0.335. The number of amides is 2. The fourth-order valence-electron chi connectivity index (χ4n) is 3.26. The van der Waals surface area contributed by atoms with Gasteiger partial charge in [0.2, 0.25) is 11.8 Å². The van der Waals surface area contributed by atoms with Crippen molar-refractivity contribution >= 4 is 23.6 Å². The van der Waals surface area contributed by atoms with E-state index in [0.717, 1.165) is 31.4 Å². The van der Waals surface area contributed by atoms with E-state index in [1.54, 1.807) is 22.9 Å². The van der Waals surface area contributed by atoms with Crippen LogP contribution in [-0.4, -0.2) is 39.4 Å². The van der Waals surface area contributed by atoms with Crippen molar-refractivity contribution in [1.29, 1.82) is 0 Å². The molecule has 1 N–H and O–H groups in total. The molecule has 1 atom stereocenters. The van der Waals surface area contributed by atoms with E-state index in [4.69, 9.17) is 0 Å². The summed E-state index contributed by atoms with van der Waals surface area (Å²) in [6.07, 6.45) is 7.16. The van der Waals surface area contributed by atoms with Gasteiger partial charge in [-0.05, 0) is 25.0 Å². The molecule has 2 amide bonds. The average molecular weight is 333 g/mol. The van der Waals surface area contributed by atoms with E-state index >= 15 is 0 Å². The first-order chi connectivity index (χ1) is 11.3. The summed E-state index contributed by atoms with van der Waals surface area (Å²) in [5.74, 6) is 1.55. The second-order valence-electron chi connectivity index (χ2n) is 6.20. The lowest BCUT2D eigenvalue weighted by atomic mass is 9.88. The van der Waals surface area contributed by atoms with Gasteiger partial charge in [-0.3, -0.25) is 14.6 Å². The van der Waals surface area contributed by atoms with Gasteiger partial charge in [-0.25, -0.2) is 0 Å². The molecule has 1 aromatic heterocycles. The number of thioether (sulfide) groups is 1. The van der Waals surface area contributed by atoms with Crippen molar-refractivity contribution in [2.24, 2.45) is 5.92 Å². The number of carbonyl (C=O) groups is 2. The van der Waals surface area contributed by atoms with E-state index in [2.05, 4.69) is 10.3 Å². The molecule has 0 aromatic carbocycles. The number of hydrogen-bond donors (Lipinski definition) is 1. The first-order valence-corrected chi connectivity index (χ1v) is 9.47. The minimum absolute atomic E-state index is 0.0650. The summed E-state index contributed by atoms with van der Waals surface area (Å²) in [7, 11) is 0. The van der Waals surface area contributed by atoms with Gasteiger partial charge in [0.1, 0.15) is 6.04 Å². The van der Waals surface area contributed by atoms with Gasteiger partial charge in [0.25, 0.3) is 0 Å². The molecule has 0 bridgehead atoms. The highest BCUT2D eigenvalue weighted by molar-refractivity contribution is 7.99. The van der Waals surface area contributed by atoms with E-state index in [1.165, 1.54) is 6.42 Å². The third kappa shape index (κ3) is 4.05. The van der Waals surface area contributed by atoms with Crippen LogP contribution in [0.5, 0.6) is 0 Å². The fraction of sp³-hybridized carbons (Fsp3) is 0.588. The second-order valence-corrected chi connectivity index (χ2v) is 7.20. The van der Waals surface area contributed by atoms with Gasteiger partial charge in [-0.1, -0.05) is 25.3 Å². The molecular formula is C17H23N3O2S. The molecule has 1 unspecified atom stereocenters. The predicted molar refractivity (Wildman–Crippen MR) is 90.6 cm³/mol. The molecule has 1 saturated carbocycles. The Kier molecular flexibility index (Phi) is 5.54. The molecule has 1 aromatic rings. The van der Waals surface area contributed by atoms with Crippen LogP contribution in [0.1, 0.15) is 37.8 Å². The van der Waals surface area contributed by atoms with Gasteiger partial charge >= 0.3 is 0 Å². The number of hydrogen-bond acceptors (Lipinski definition) is 4. The Bertz CT molecular complexity index is 546. The maximum atomic E-state index is 12.7. The van der Waals surface area contributed by atoms with Crippen molar-refractivity contribution in [3.63, 3.8) is 0 Å². The monoisotopic (exact) mass is 333 g/mol. The fourth-order valence-corrected chi connectivity index (χ4v) is 4.42. The number of carbonyl (C=O) groups excluding carboxylic acids is 2. The van der Waals surface area contributed by atoms with Crippen molar-refractivity contribution in [3.8, 4) is 0 Å². The molecule has 0 radical (unpaired) electrons. The lowest BCUT2D eigenvalue weighted by Gasteiger charge is -2.29. The summed E-state index contributed by atoms with van der Waals surface area (Å²) in [6.45, 7) is 0.409. The van der Waals surface area contributed by atoms with Crippen molar-refractivity contribution in [2.45, 2.75) is 44.7 Å². The minimum Gasteiger partial charge on any atom is -0.349 e. The van der Waals surface area contributed by atoms with E-state index in [9.17, 15) is 9.59 Å². The molecule has 5 nitrogen and oxygen atoms in total. The molecule has 1 aliphatic heterocycles. The van der Waals surface area contributed by atoms with Crippen LogP contribution in [0.3, 0.4) is 0 Å². The number of nitrogens with one attached hydrogen (secondary N) is 1. The summed E-state index contributed by atoms with van der Waals surface area (Å²) < 4.78 is 0. The Labute approximate surface area is 141 Å². The SMILES string of the molecule is O=C(NCc1ccccn1)C1CSCN1C(=O)C1CCCCC1. The third-order valence-electron chi connectivity index (χ3n) is 4.59. The number of nitrogens with zero attached hydrogens (tertiary/aromatic N) is 2. The molecule has 3 rings (SSSR count). The highest BCUT2D eigenvalue weighted by atomic mass is 32.2. The Morgan fingerprint density at radius 3 is 2.83 bits per heavy atom. The molecular weight excluding hydrogens is 310 g/mol. The van der Waals surface area contributed by atoms with Crippen molar-refractivity contribution < 1.29 is 9.59 Å². The second kappa shape index (κ2) is 7.81. The number of aromatic nitrogens is 1. The molecule has 1 aliphatic carbocycles. The van der Waals surface area contributed by atoms with E-state index in [0.29, 0.717) is 18.2 Å². The van der Waals surface area contributed by atoms with Crippen LogP contribution in [0.2, 0.25) is 0 Å². The Hall–Kier alpha value is -1.56. The first-order valence-electron chi connectivity index (χ1n) is 8.31. The van der Waals surface area contributed by atoms with Gasteiger partial charge in [0, 0.05) is 17.9 Å². The summed E-state index contributed by atoms with van der Waals surface area (Å²) in [6, 6.07) is 5.30. The summed E-state index contributed by atoms with van der Waals surface area (Å²) in [5, 5.41) is 2.92. The van der Waals surface area contributed by atoms with Gasteiger partial charge in [0.15, 0.2) is 0 Å². The molecule has 1 saturated heterocycles. The number of pyridine rings is 1. The van der Waals surface area contributed by atoms with Crippen molar-refractivity contribution in [1.82, 2.24) is 15.2 Å². The topological polar surface area (TPSA) is 62.3 Å². The Balaban J connectivity index is 1.57. The van der Waals surface area contributed by atoms with Crippen LogP contribution < -0.4 is 5.32 Å². The van der Waals surface area contributed by atoms with Crippen LogP contribution >= 0.6 is 11.8 Å². The lowest BCUT2D eigenvalue weighted by molar-refractivity contribution is -0.142. The quantitative estimate of drug-likeness (QED) is 0.917. The van der Waals surface area contributed by atoms with Crippen LogP contribution in [-0.2, 0) is 16.1 Å². The normalized spacial score (nSPS) is 22.1. The van der Waals surface area contributed by atoms with E-state index < -0.39 is 0 Å². The highest BCUT2D eigenvalue weighted by Gasteiger charge is 2.37. The number of rotatable bonds is 4. The lowest BCUT2D eigenvalue weighted by Crippen LogP contribution is -2.49. The molecule has 2 aliphatic rings. The third-order valence-corrected chi connectivity index (χ3v) is 5.60. The molecule has 2 fully saturated rings. The molecule has 2 heterocycles. The first kappa shape index (κ1) is 16.3. The smallest absolute Gasteiger partial charge is 0.244 e. The molecule has 23 heavy (non-hydrogen) atoms. The van der Waals surface area contributed by atoms with Gasteiger partial charge in [-0.2, -0.15) is 0 Å². The van der Waals surface area contributed by atoms with Crippen LogP contribution in [0, 0.1) is 5.92 Å². The molecule has 124 valence electrons. The van der Waals surface area contributed by atoms with Gasteiger partial charge in [0.05, 0.1) is 18.1 Å². The van der Waals surface area contributed by atoms with Crippen molar-refractivity contribution in [3.05, 3.63) is 30.1 Å². The molecule has 6 heteroatoms. The largest absolute Gasteiger partial charge is 0.349 e. The van der Waals surface area contributed by atoms with E-state index in [-0.39, 0.29) is 23.8 Å². The maximum Gasteiger partial charge on any atom is 0.244 e. The standard InChI is InChI=1S/C17H23N3O2S/c21-16(19-10-14-8-4-5-9-18-14)15-11-23-12-20(15)17(22)13-6-2-1-3-7-13/h4-5,8-9,13,15H,1-3,6-7,10-12H2,(H,19,21). The summed E-state index contributed by atoms with van der Waals surface area (Å²) in [5.41, 5.74) is 0.830. The Morgan fingerprint density at radius 2 is 2.09 bits per heavy atom. The van der Waals surface area contributed by atoms with Crippen LogP contribution in [0.4, 0.5) is 0 Å². The maximum absolute atomic E-state index is 12.7. The van der Waals surface area contributed by atoms with Gasteiger partial charge < -0.3 is 10.2 Å². The van der Waals surface area contributed by atoms with Crippen LogP contribution in [0.25, 0.3) is 0 Å². The predicted octanol–water partition coefficient (Wildman–Crippen LogP) is 2.18. The average Bonchev–Trinajstić information content (AvgIpc) is 3.10. The zero-order valence-corrected chi connectivity index (χ0v) is 14.1. The summed E-state index contributed by atoms with van der Waals surface area (Å²) >= 11 is 1.66.